The molecule has 6 heteroatoms. The Morgan fingerprint density at radius 3 is 3.06 bits per heavy atom. The number of aromatic amines is 1. The summed E-state index contributed by atoms with van der Waals surface area (Å²) in [6, 6.07) is 7.25. The van der Waals surface area contributed by atoms with Crippen LogP contribution in [-0.4, -0.2) is 36.6 Å². The molecule has 0 fully saturated rings. The van der Waals surface area contributed by atoms with Crippen LogP contribution in [0.4, 0.5) is 5.95 Å². The Labute approximate surface area is 104 Å². The van der Waals surface area contributed by atoms with Crippen molar-refractivity contribution in [3.8, 4) is 6.07 Å². The third kappa shape index (κ3) is 2.25. The van der Waals surface area contributed by atoms with Crippen LogP contribution in [-0.2, 0) is 9.53 Å². The van der Waals surface area contributed by atoms with Crippen LogP contribution in [0, 0.1) is 11.3 Å². The predicted octanol–water partition coefficient (Wildman–Crippen LogP) is 1.04. The molecule has 0 amide bonds. The maximum atomic E-state index is 11.2. The number of carbonyl (C=O) groups excluding carboxylic acids is 1. The number of ether oxygens (including phenoxy) is 1. The summed E-state index contributed by atoms with van der Waals surface area (Å²) in [6.07, 6.45) is 0. The lowest BCUT2D eigenvalue weighted by molar-refractivity contribution is -0.138. The molecule has 0 aliphatic carbocycles. The number of rotatable bonds is 3. The van der Waals surface area contributed by atoms with E-state index in [4.69, 9.17) is 5.26 Å². The summed E-state index contributed by atoms with van der Waals surface area (Å²) in [7, 11) is 3.08. The number of nitriles is 1. The van der Waals surface area contributed by atoms with E-state index in [9.17, 15) is 4.79 Å². The Hall–Kier alpha value is -2.55. The van der Waals surface area contributed by atoms with Gasteiger partial charge in [0.2, 0.25) is 5.95 Å². The highest BCUT2D eigenvalue weighted by atomic mass is 16.5. The molecular weight excluding hydrogens is 232 g/mol. The lowest BCUT2D eigenvalue weighted by atomic mass is 10.2. The van der Waals surface area contributed by atoms with Gasteiger partial charge in [0.05, 0.1) is 29.8 Å². The number of methoxy groups -OCH3 is 1. The van der Waals surface area contributed by atoms with E-state index in [2.05, 4.69) is 20.8 Å². The number of hydrogen-bond donors (Lipinski definition) is 1. The number of hydrogen-bond acceptors (Lipinski definition) is 5. The van der Waals surface area contributed by atoms with Crippen molar-refractivity contribution in [2.75, 3.05) is 25.6 Å². The third-order valence-corrected chi connectivity index (χ3v) is 2.55. The first-order valence-corrected chi connectivity index (χ1v) is 5.32. The quantitative estimate of drug-likeness (QED) is 0.816. The summed E-state index contributed by atoms with van der Waals surface area (Å²) < 4.78 is 4.59. The van der Waals surface area contributed by atoms with E-state index in [-0.39, 0.29) is 12.5 Å². The maximum absolute atomic E-state index is 11.2. The molecule has 0 atom stereocenters. The van der Waals surface area contributed by atoms with Crippen LogP contribution in [0.25, 0.3) is 11.0 Å². The molecule has 2 rings (SSSR count). The molecule has 2 aromatic rings. The van der Waals surface area contributed by atoms with Gasteiger partial charge in [-0.25, -0.2) is 4.98 Å². The minimum atomic E-state index is -0.337. The molecule has 0 spiro atoms. The summed E-state index contributed by atoms with van der Waals surface area (Å²) in [5.74, 6) is 0.223. The molecular formula is C12H12N4O2. The summed E-state index contributed by atoms with van der Waals surface area (Å²) in [4.78, 5) is 20.2. The van der Waals surface area contributed by atoms with Gasteiger partial charge in [-0.05, 0) is 18.2 Å². The van der Waals surface area contributed by atoms with E-state index >= 15 is 0 Å². The highest BCUT2D eigenvalue weighted by molar-refractivity contribution is 5.80. The second-order valence-corrected chi connectivity index (χ2v) is 3.84. The van der Waals surface area contributed by atoms with E-state index in [1.165, 1.54) is 7.11 Å². The first-order chi connectivity index (χ1) is 8.63. The smallest absolute Gasteiger partial charge is 0.325 e. The van der Waals surface area contributed by atoms with Gasteiger partial charge < -0.3 is 14.6 Å². The largest absolute Gasteiger partial charge is 0.468 e. The zero-order valence-electron chi connectivity index (χ0n) is 10.1. The van der Waals surface area contributed by atoms with Crippen LogP contribution in [0.2, 0.25) is 0 Å². The lowest BCUT2D eigenvalue weighted by Gasteiger charge is -2.13. The van der Waals surface area contributed by atoms with Gasteiger partial charge in [0, 0.05) is 7.05 Å². The van der Waals surface area contributed by atoms with Crippen molar-refractivity contribution in [3.63, 3.8) is 0 Å². The molecule has 1 heterocycles. The average molecular weight is 244 g/mol. The zero-order chi connectivity index (χ0) is 13.1. The highest BCUT2D eigenvalue weighted by Crippen LogP contribution is 2.17. The number of carbonyl (C=O) groups is 1. The lowest BCUT2D eigenvalue weighted by Crippen LogP contribution is -2.27. The highest BCUT2D eigenvalue weighted by Gasteiger charge is 2.11. The Balaban J connectivity index is 2.30. The Bertz CT molecular complexity index is 627. The summed E-state index contributed by atoms with van der Waals surface area (Å²) in [6.45, 7) is 0.113. The van der Waals surface area contributed by atoms with Gasteiger partial charge in [0.15, 0.2) is 0 Å². The van der Waals surface area contributed by atoms with Gasteiger partial charge in [-0.2, -0.15) is 5.26 Å². The summed E-state index contributed by atoms with van der Waals surface area (Å²) in [5.41, 5.74) is 2.08. The molecule has 0 saturated heterocycles. The van der Waals surface area contributed by atoms with Crippen LogP contribution in [0.3, 0.4) is 0 Å². The molecule has 1 aromatic carbocycles. The third-order valence-electron chi connectivity index (χ3n) is 2.55. The molecule has 18 heavy (non-hydrogen) atoms. The van der Waals surface area contributed by atoms with Crippen LogP contribution in [0.5, 0.6) is 0 Å². The van der Waals surface area contributed by atoms with Crippen molar-refractivity contribution in [3.05, 3.63) is 23.8 Å². The first kappa shape index (κ1) is 11.9. The molecule has 0 aliphatic rings. The van der Waals surface area contributed by atoms with Crippen molar-refractivity contribution in [2.24, 2.45) is 0 Å². The monoisotopic (exact) mass is 244 g/mol. The van der Waals surface area contributed by atoms with Gasteiger partial charge in [-0.3, -0.25) is 4.79 Å². The minimum Gasteiger partial charge on any atom is -0.468 e. The average Bonchev–Trinajstić information content (AvgIpc) is 2.81. The van der Waals surface area contributed by atoms with E-state index in [1.54, 1.807) is 30.1 Å². The summed E-state index contributed by atoms with van der Waals surface area (Å²) in [5, 5.41) is 8.81. The molecule has 0 bridgehead atoms. The number of imidazole rings is 1. The van der Waals surface area contributed by atoms with E-state index in [0.717, 1.165) is 11.0 Å². The maximum Gasteiger partial charge on any atom is 0.325 e. The fourth-order valence-corrected chi connectivity index (χ4v) is 1.58. The van der Waals surface area contributed by atoms with Crippen molar-refractivity contribution in [1.29, 1.82) is 5.26 Å². The normalized spacial score (nSPS) is 10.1. The first-order valence-electron chi connectivity index (χ1n) is 5.32. The van der Waals surface area contributed by atoms with Crippen molar-refractivity contribution < 1.29 is 9.53 Å². The van der Waals surface area contributed by atoms with Crippen LogP contribution >= 0.6 is 0 Å². The van der Waals surface area contributed by atoms with Crippen LogP contribution < -0.4 is 4.90 Å². The topological polar surface area (TPSA) is 82.0 Å². The fraction of sp³-hybridized carbons (Fsp3) is 0.250. The number of esters is 1. The number of nitrogens with one attached hydrogen (secondary N) is 1. The molecule has 0 unspecified atom stereocenters. The second-order valence-electron chi connectivity index (χ2n) is 3.84. The number of anilines is 1. The molecule has 1 aromatic heterocycles. The standard InChI is InChI=1S/C12H12N4O2/c1-16(7-11(17)18-2)12-14-9-4-3-8(6-13)5-10(9)15-12/h3-5H,7H2,1-2H3,(H,14,15). The van der Waals surface area contributed by atoms with Crippen molar-refractivity contribution >= 4 is 23.0 Å². The molecule has 0 aliphatic heterocycles. The van der Waals surface area contributed by atoms with E-state index in [0.29, 0.717) is 11.5 Å². The number of nitrogens with zero attached hydrogens (tertiary/aromatic N) is 3. The number of fused-ring (bicyclic) bond motifs is 1. The number of aromatic nitrogens is 2. The van der Waals surface area contributed by atoms with Gasteiger partial charge in [0.1, 0.15) is 6.54 Å². The summed E-state index contributed by atoms with van der Waals surface area (Å²) >= 11 is 0. The molecule has 6 nitrogen and oxygen atoms in total. The van der Waals surface area contributed by atoms with Crippen molar-refractivity contribution in [1.82, 2.24) is 9.97 Å². The fourth-order valence-electron chi connectivity index (χ4n) is 1.58. The van der Waals surface area contributed by atoms with Gasteiger partial charge in [0.25, 0.3) is 0 Å². The van der Waals surface area contributed by atoms with Gasteiger partial charge in [-0.1, -0.05) is 0 Å². The van der Waals surface area contributed by atoms with Crippen LogP contribution in [0.15, 0.2) is 18.2 Å². The number of likely N-dealkylation sites (N-methyl/N-ethyl adjacent to an activating group) is 1. The minimum absolute atomic E-state index is 0.113. The SMILES string of the molecule is COC(=O)CN(C)c1nc2ccc(C#N)cc2[nH]1. The van der Waals surface area contributed by atoms with Gasteiger partial charge >= 0.3 is 5.97 Å². The molecule has 1 N–H and O–H groups in total. The van der Waals surface area contributed by atoms with Gasteiger partial charge in [-0.15, -0.1) is 0 Å². The van der Waals surface area contributed by atoms with E-state index < -0.39 is 0 Å². The molecule has 0 radical (unpaired) electrons. The Morgan fingerprint density at radius 2 is 2.39 bits per heavy atom. The molecule has 92 valence electrons. The molecule has 0 saturated carbocycles. The van der Waals surface area contributed by atoms with Crippen molar-refractivity contribution in [2.45, 2.75) is 0 Å². The predicted molar refractivity (Wildman–Crippen MR) is 66.1 cm³/mol. The zero-order valence-corrected chi connectivity index (χ0v) is 10.1. The second kappa shape index (κ2) is 4.75. The number of H-pyrrole nitrogens is 1. The van der Waals surface area contributed by atoms with E-state index in [1.807, 2.05) is 0 Å². The van der Waals surface area contributed by atoms with Crippen LogP contribution in [0.1, 0.15) is 5.56 Å². The number of benzene rings is 1. The Morgan fingerprint density at radius 1 is 1.61 bits per heavy atom. The Kier molecular flexibility index (Phi) is 3.15.